The van der Waals surface area contributed by atoms with E-state index in [0.717, 1.165) is 64.4 Å². The number of nitrogens with zero attached hydrogens (tertiary/aromatic N) is 3. The molecule has 1 fully saturated rings. The van der Waals surface area contributed by atoms with E-state index in [1.165, 1.54) is 0 Å². The highest BCUT2D eigenvalue weighted by Gasteiger charge is 2.34. The maximum atomic E-state index is 12.7. The van der Waals surface area contributed by atoms with Gasteiger partial charge in [0.05, 0.1) is 11.4 Å². The van der Waals surface area contributed by atoms with Crippen molar-refractivity contribution in [2.24, 2.45) is 0 Å². The van der Waals surface area contributed by atoms with Crippen LogP contribution in [0.4, 0.5) is 0 Å². The number of aliphatic carboxylic acids is 1. The van der Waals surface area contributed by atoms with Crippen molar-refractivity contribution in [1.29, 1.82) is 0 Å². The molecule has 2 N–H and O–H groups in total. The Kier molecular flexibility index (Phi) is 5.74. The summed E-state index contributed by atoms with van der Waals surface area (Å²) in [5, 5.41) is 15.4. The third kappa shape index (κ3) is 4.05. The fourth-order valence-electron chi connectivity index (χ4n) is 4.87. The fraction of sp³-hybridized carbons (Fsp3) is 0.308. The van der Waals surface area contributed by atoms with E-state index < -0.39 is 12.0 Å². The number of hydrogen-bond acceptors (Lipinski definition) is 5. The molecule has 0 radical (unpaired) electrons. The van der Waals surface area contributed by atoms with Crippen LogP contribution in [0.15, 0.2) is 59.1 Å². The molecular weight excluding hydrogens is 416 g/mol. The summed E-state index contributed by atoms with van der Waals surface area (Å²) in [6.45, 7) is 7.60. The number of para-hydroxylation sites is 1. The zero-order valence-electron chi connectivity index (χ0n) is 18.9. The van der Waals surface area contributed by atoms with E-state index in [9.17, 15) is 9.90 Å². The Labute approximate surface area is 192 Å². The average Bonchev–Trinajstić information content (AvgIpc) is 3.36. The van der Waals surface area contributed by atoms with Crippen LogP contribution < -0.4 is 0 Å². The van der Waals surface area contributed by atoms with E-state index in [4.69, 9.17) is 4.52 Å². The van der Waals surface area contributed by atoms with Crippen LogP contribution in [-0.2, 0) is 11.3 Å². The highest BCUT2D eigenvalue weighted by Crippen LogP contribution is 2.38. The number of aromatic nitrogens is 2. The van der Waals surface area contributed by atoms with Gasteiger partial charge in [-0.3, -0.25) is 14.6 Å². The van der Waals surface area contributed by atoms with Gasteiger partial charge in [0.25, 0.3) is 0 Å². The van der Waals surface area contributed by atoms with Crippen LogP contribution in [0.25, 0.3) is 22.2 Å². The summed E-state index contributed by atoms with van der Waals surface area (Å²) in [4.78, 5) is 20.6. The number of H-pyrrole nitrogens is 1. The standard InChI is InChI=1S/C26H28N4O3/c1-17-21(18(2)33-28-17)16-29-12-14-30(15-13-29)25(26(31)32)23-20-10-6-7-11-22(20)27-24(23)19-8-4-3-5-9-19/h3-11,25,27H,12-16H2,1-2H3,(H,31,32)/t25-/m0/s1. The number of hydrogen-bond donors (Lipinski definition) is 2. The van der Waals surface area contributed by atoms with E-state index in [0.29, 0.717) is 13.1 Å². The average molecular weight is 445 g/mol. The zero-order chi connectivity index (χ0) is 22.9. The number of aromatic amines is 1. The maximum absolute atomic E-state index is 12.7. The molecule has 7 heteroatoms. The lowest BCUT2D eigenvalue weighted by atomic mass is 9.97. The van der Waals surface area contributed by atoms with Gasteiger partial charge in [-0.25, -0.2) is 0 Å². The van der Waals surface area contributed by atoms with Crippen molar-refractivity contribution < 1.29 is 14.4 Å². The van der Waals surface area contributed by atoms with Crippen molar-refractivity contribution in [3.63, 3.8) is 0 Å². The first-order chi connectivity index (χ1) is 16.0. The van der Waals surface area contributed by atoms with Crippen molar-refractivity contribution in [3.8, 4) is 11.3 Å². The highest BCUT2D eigenvalue weighted by atomic mass is 16.5. The van der Waals surface area contributed by atoms with Crippen molar-refractivity contribution in [2.75, 3.05) is 26.2 Å². The number of carboxylic acids is 1. The monoisotopic (exact) mass is 444 g/mol. The van der Waals surface area contributed by atoms with Crippen LogP contribution in [0.3, 0.4) is 0 Å². The van der Waals surface area contributed by atoms with Crippen LogP contribution in [0, 0.1) is 13.8 Å². The number of fused-ring (bicyclic) bond motifs is 1. The van der Waals surface area contributed by atoms with Gasteiger partial charge in [-0.1, -0.05) is 53.7 Å². The first kappa shape index (κ1) is 21.4. The molecule has 7 nitrogen and oxygen atoms in total. The molecule has 5 rings (SSSR count). The van der Waals surface area contributed by atoms with Crippen LogP contribution in [-0.4, -0.2) is 57.2 Å². The van der Waals surface area contributed by atoms with Gasteiger partial charge in [0.2, 0.25) is 0 Å². The number of aryl methyl sites for hydroxylation is 2. The molecule has 4 aromatic rings. The second-order valence-corrected chi connectivity index (χ2v) is 8.68. The van der Waals surface area contributed by atoms with Crippen molar-refractivity contribution in [2.45, 2.75) is 26.4 Å². The molecule has 0 bridgehead atoms. The second kappa shape index (κ2) is 8.84. The van der Waals surface area contributed by atoms with Crippen LogP contribution in [0.1, 0.15) is 28.6 Å². The van der Waals surface area contributed by atoms with Crippen molar-refractivity contribution in [3.05, 3.63) is 77.2 Å². The van der Waals surface area contributed by atoms with Gasteiger partial charge in [-0.2, -0.15) is 0 Å². The molecule has 1 aliphatic heterocycles. The largest absolute Gasteiger partial charge is 0.480 e. The molecule has 0 unspecified atom stereocenters. The molecule has 1 aliphatic rings. The highest BCUT2D eigenvalue weighted by molar-refractivity contribution is 5.95. The minimum Gasteiger partial charge on any atom is -0.480 e. The number of piperazine rings is 1. The van der Waals surface area contributed by atoms with Gasteiger partial charge in [-0.15, -0.1) is 0 Å². The lowest BCUT2D eigenvalue weighted by molar-refractivity contribution is -0.144. The Balaban J connectivity index is 1.45. The molecule has 2 aromatic carbocycles. The summed E-state index contributed by atoms with van der Waals surface area (Å²) in [6, 6.07) is 17.2. The van der Waals surface area contributed by atoms with Crippen LogP contribution >= 0.6 is 0 Å². The van der Waals surface area contributed by atoms with Gasteiger partial charge in [0.15, 0.2) is 0 Å². The van der Waals surface area contributed by atoms with Gasteiger partial charge in [0.1, 0.15) is 11.8 Å². The summed E-state index contributed by atoms with van der Waals surface area (Å²) in [5.74, 6) is 0.0285. The predicted molar refractivity (Wildman–Crippen MR) is 127 cm³/mol. The number of benzene rings is 2. The normalized spacial score (nSPS) is 16.3. The van der Waals surface area contributed by atoms with E-state index in [1.54, 1.807) is 0 Å². The topological polar surface area (TPSA) is 85.6 Å². The van der Waals surface area contributed by atoms with Gasteiger partial charge in [0, 0.05) is 54.8 Å². The quantitative estimate of drug-likeness (QED) is 0.459. The lowest BCUT2D eigenvalue weighted by Gasteiger charge is -2.38. The first-order valence-electron chi connectivity index (χ1n) is 11.3. The van der Waals surface area contributed by atoms with Crippen LogP contribution in [0.2, 0.25) is 0 Å². The van der Waals surface area contributed by atoms with Crippen molar-refractivity contribution in [1.82, 2.24) is 19.9 Å². The minimum absolute atomic E-state index is 0.675. The summed E-state index contributed by atoms with van der Waals surface area (Å²) in [6.07, 6.45) is 0. The van der Waals surface area contributed by atoms with Gasteiger partial charge in [-0.05, 0) is 25.5 Å². The Morgan fingerprint density at radius 1 is 1.06 bits per heavy atom. The Bertz CT molecular complexity index is 1250. The summed E-state index contributed by atoms with van der Waals surface area (Å²) < 4.78 is 5.30. The predicted octanol–water partition coefficient (Wildman–Crippen LogP) is 4.38. The number of carbonyl (C=O) groups is 1. The molecule has 2 aromatic heterocycles. The second-order valence-electron chi connectivity index (χ2n) is 8.68. The van der Waals surface area contributed by atoms with E-state index in [2.05, 4.69) is 19.9 Å². The Morgan fingerprint density at radius 2 is 1.76 bits per heavy atom. The van der Waals surface area contributed by atoms with E-state index in [1.807, 2.05) is 68.4 Å². The number of rotatable bonds is 6. The molecule has 0 saturated carbocycles. The molecule has 1 saturated heterocycles. The number of carboxylic acid groups (broad SMARTS) is 1. The van der Waals surface area contributed by atoms with Crippen LogP contribution in [0.5, 0.6) is 0 Å². The smallest absolute Gasteiger partial charge is 0.325 e. The summed E-state index contributed by atoms with van der Waals surface area (Å²) in [5.41, 5.74) is 5.71. The Morgan fingerprint density at radius 3 is 2.42 bits per heavy atom. The van der Waals surface area contributed by atoms with Crippen molar-refractivity contribution >= 4 is 16.9 Å². The zero-order valence-corrected chi connectivity index (χ0v) is 18.9. The molecular formula is C26H28N4O3. The molecule has 170 valence electrons. The molecule has 0 amide bonds. The molecule has 0 aliphatic carbocycles. The SMILES string of the molecule is Cc1noc(C)c1CN1CCN([C@H](C(=O)O)c2c(-c3ccccc3)[nH]c3ccccc23)CC1. The summed E-state index contributed by atoms with van der Waals surface area (Å²) in [7, 11) is 0. The molecule has 33 heavy (non-hydrogen) atoms. The minimum atomic E-state index is -0.823. The molecule has 1 atom stereocenters. The summed E-state index contributed by atoms with van der Waals surface area (Å²) >= 11 is 0. The Hall–Kier alpha value is -3.42. The third-order valence-electron chi connectivity index (χ3n) is 6.65. The first-order valence-corrected chi connectivity index (χ1v) is 11.3. The van der Waals surface area contributed by atoms with E-state index >= 15 is 0 Å². The fourth-order valence-corrected chi connectivity index (χ4v) is 4.87. The third-order valence-corrected chi connectivity index (χ3v) is 6.65. The molecule has 3 heterocycles. The van der Waals surface area contributed by atoms with E-state index in [-0.39, 0.29) is 0 Å². The van der Waals surface area contributed by atoms with Gasteiger partial charge >= 0.3 is 5.97 Å². The number of nitrogens with one attached hydrogen (secondary N) is 1. The molecule has 0 spiro atoms. The maximum Gasteiger partial charge on any atom is 0.325 e. The lowest BCUT2D eigenvalue weighted by Crippen LogP contribution is -2.49. The van der Waals surface area contributed by atoms with Gasteiger partial charge < -0.3 is 14.6 Å².